The minimum Gasteiger partial charge on any atom is -0.481 e. The molecule has 2 N–H and O–H groups in total. The number of aliphatic carboxylic acids is 1. The maximum atomic E-state index is 13.1. The van der Waals surface area contributed by atoms with Gasteiger partial charge in [-0.05, 0) is 77.3 Å². The van der Waals surface area contributed by atoms with Crippen molar-refractivity contribution in [2.24, 2.45) is 5.92 Å². The first kappa shape index (κ1) is 24.7. The number of ether oxygens (including phenoxy) is 1. The Labute approximate surface area is 211 Å². The molecule has 2 atom stereocenters. The zero-order chi connectivity index (χ0) is 24.5. The van der Waals surface area contributed by atoms with Gasteiger partial charge in [0.15, 0.2) is 0 Å². The molecule has 3 aliphatic rings. The van der Waals surface area contributed by atoms with Crippen LogP contribution in [0.1, 0.15) is 86.1 Å². The molecular weight excluding hydrogens is 464 g/mol. The number of carbonyl (C=O) groups is 2. The van der Waals surface area contributed by atoms with Crippen LogP contribution in [0, 0.1) is 12.8 Å². The number of nitrogens with one attached hydrogen (secondary N) is 1. The number of aromatic nitrogens is 2. The van der Waals surface area contributed by atoms with Crippen LogP contribution in [-0.4, -0.2) is 69.5 Å². The second-order valence-electron chi connectivity index (χ2n) is 10.5. The van der Waals surface area contributed by atoms with E-state index in [1.165, 1.54) is 0 Å². The number of nitrogens with zero attached hydrogens (tertiary/aromatic N) is 3. The number of rotatable bonds is 6. The summed E-state index contributed by atoms with van der Waals surface area (Å²) in [5, 5.41) is 18.6. The molecule has 2 aromatic rings. The number of hydrogen-bond donors (Lipinski definition) is 2. The van der Waals surface area contributed by atoms with Crippen LogP contribution in [-0.2, 0) is 9.53 Å². The van der Waals surface area contributed by atoms with E-state index >= 15 is 0 Å². The standard InChI is InChI=1S/C26H38N4O4S/c1-3-19-14-17(26(32)33)8-11-29(19)20-6-4-18(5-7-20)27-24(31)23-15-22-16(2)28-30(25(22)35-23)21-9-12-34-13-10-21/h15,17-21H,3-14H2,1-2H3,(H,27,31)(H,32,33). The van der Waals surface area contributed by atoms with Crippen molar-refractivity contribution in [2.75, 3.05) is 19.8 Å². The minimum atomic E-state index is -0.647. The number of fused-ring (bicyclic) bond motifs is 1. The number of amides is 1. The van der Waals surface area contributed by atoms with E-state index < -0.39 is 5.97 Å². The third kappa shape index (κ3) is 5.13. The highest BCUT2D eigenvalue weighted by atomic mass is 32.1. The molecule has 1 saturated carbocycles. The maximum absolute atomic E-state index is 13.1. The van der Waals surface area contributed by atoms with Crippen molar-refractivity contribution in [2.45, 2.75) is 95.8 Å². The molecule has 0 radical (unpaired) electrons. The van der Waals surface area contributed by atoms with Gasteiger partial charge in [-0.1, -0.05) is 6.92 Å². The summed E-state index contributed by atoms with van der Waals surface area (Å²) in [5.41, 5.74) is 0.986. The molecule has 1 amide bonds. The molecule has 0 spiro atoms. The van der Waals surface area contributed by atoms with Gasteiger partial charge >= 0.3 is 5.97 Å². The number of piperidine rings is 1. The van der Waals surface area contributed by atoms with Gasteiger partial charge in [0.1, 0.15) is 4.83 Å². The Morgan fingerprint density at radius 1 is 1.14 bits per heavy atom. The first-order valence-corrected chi connectivity index (χ1v) is 14.1. The monoisotopic (exact) mass is 502 g/mol. The van der Waals surface area contributed by atoms with Gasteiger partial charge in [-0.25, -0.2) is 0 Å². The predicted molar refractivity (Wildman–Crippen MR) is 136 cm³/mol. The Morgan fingerprint density at radius 3 is 2.57 bits per heavy atom. The molecule has 2 aliphatic heterocycles. The van der Waals surface area contributed by atoms with Crippen molar-refractivity contribution in [1.82, 2.24) is 20.0 Å². The van der Waals surface area contributed by atoms with E-state index in [0.717, 1.165) is 98.3 Å². The molecule has 1 aliphatic carbocycles. The lowest BCUT2D eigenvalue weighted by atomic mass is 9.84. The van der Waals surface area contributed by atoms with Gasteiger partial charge in [-0.2, -0.15) is 5.10 Å². The van der Waals surface area contributed by atoms with Crippen LogP contribution in [0.5, 0.6) is 0 Å². The van der Waals surface area contributed by atoms with Crippen LogP contribution in [0.15, 0.2) is 6.07 Å². The molecule has 8 nitrogen and oxygen atoms in total. The van der Waals surface area contributed by atoms with Crippen LogP contribution in [0.25, 0.3) is 10.2 Å². The summed E-state index contributed by atoms with van der Waals surface area (Å²) in [4.78, 5) is 29.0. The normalized spacial score (nSPS) is 28.9. The number of carbonyl (C=O) groups excluding carboxylic acids is 1. The molecule has 2 unspecified atom stereocenters. The molecule has 2 saturated heterocycles. The number of carboxylic acid groups (broad SMARTS) is 1. The van der Waals surface area contributed by atoms with Gasteiger partial charge in [-0.15, -0.1) is 11.3 Å². The SMILES string of the molecule is CCC1CC(C(=O)O)CCN1C1CCC(NC(=O)c2cc3c(C)nn(C4CCOCC4)c3s2)CC1. The average molecular weight is 503 g/mol. The van der Waals surface area contributed by atoms with E-state index in [1.807, 2.05) is 13.0 Å². The van der Waals surface area contributed by atoms with E-state index in [4.69, 9.17) is 9.84 Å². The topological polar surface area (TPSA) is 96.7 Å². The lowest BCUT2D eigenvalue weighted by Gasteiger charge is -2.45. The third-order valence-electron chi connectivity index (χ3n) is 8.41. The summed E-state index contributed by atoms with van der Waals surface area (Å²) in [6, 6.07) is 3.42. The van der Waals surface area contributed by atoms with E-state index in [9.17, 15) is 14.7 Å². The van der Waals surface area contributed by atoms with Crippen LogP contribution in [0.3, 0.4) is 0 Å². The fraction of sp³-hybridized carbons (Fsp3) is 0.731. The molecular formula is C26H38N4O4S. The fourth-order valence-corrected chi connectivity index (χ4v) is 7.48. The van der Waals surface area contributed by atoms with Crippen molar-refractivity contribution >= 4 is 33.4 Å². The zero-order valence-electron chi connectivity index (χ0n) is 20.9. The Kier molecular flexibility index (Phi) is 7.46. The molecule has 35 heavy (non-hydrogen) atoms. The quantitative estimate of drug-likeness (QED) is 0.609. The lowest BCUT2D eigenvalue weighted by molar-refractivity contribution is -0.144. The van der Waals surface area contributed by atoms with E-state index in [0.29, 0.717) is 18.1 Å². The molecule has 192 valence electrons. The van der Waals surface area contributed by atoms with Crippen LogP contribution < -0.4 is 5.32 Å². The van der Waals surface area contributed by atoms with Gasteiger partial charge in [-0.3, -0.25) is 19.2 Å². The van der Waals surface area contributed by atoms with Gasteiger partial charge < -0.3 is 15.2 Å². The maximum Gasteiger partial charge on any atom is 0.306 e. The highest BCUT2D eigenvalue weighted by Crippen LogP contribution is 2.35. The number of likely N-dealkylation sites (tertiary alicyclic amines) is 1. The summed E-state index contributed by atoms with van der Waals surface area (Å²) in [6.45, 7) is 6.60. The summed E-state index contributed by atoms with van der Waals surface area (Å²) in [5.74, 6) is -0.817. The second-order valence-corrected chi connectivity index (χ2v) is 11.6. The molecule has 5 rings (SSSR count). The van der Waals surface area contributed by atoms with E-state index in [-0.39, 0.29) is 17.9 Å². The van der Waals surface area contributed by atoms with Crippen LogP contribution in [0.2, 0.25) is 0 Å². The van der Waals surface area contributed by atoms with Crippen LogP contribution >= 0.6 is 11.3 Å². The highest BCUT2D eigenvalue weighted by Gasteiger charge is 2.36. The van der Waals surface area contributed by atoms with Crippen molar-refractivity contribution in [3.05, 3.63) is 16.6 Å². The smallest absolute Gasteiger partial charge is 0.306 e. The largest absolute Gasteiger partial charge is 0.481 e. The number of carboxylic acids is 1. The van der Waals surface area contributed by atoms with Gasteiger partial charge in [0.25, 0.3) is 5.91 Å². The Bertz CT molecular complexity index is 1050. The summed E-state index contributed by atoms with van der Waals surface area (Å²) in [7, 11) is 0. The molecule has 0 bridgehead atoms. The molecule has 4 heterocycles. The second kappa shape index (κ2) is 10.6. The highest BCUT2D eigenvalue weighted by molar-refractivity contribution is 7.20. The molecule has 2 aromatic heterocycles. The average Bonchev–Trinajstić information content (AvgIpc) is 3.45. The summed E-state index contributed by atoms with van der Waals surface area (Å²) >= 11 is 1.56. The van der Waals surface area contributed by atoms with Crippen molar-refractivity contribution in [3.63, 3.8) is 0 Å². The van der Waals surface area contributed by atoms with Crippen LogP contribution in [0.4, 0.5) is 0 Å². The molecule has 9 heteroatoms. The third-order valence-corrected chi connectivity index (χ3v) is 9.53. The molecule has 0 aromatic carbocycles. The minimum absolute atomic E-state index is 0.0290. The van der Waals surface area contributed by atoms with Gasteiger partial charge in [0, 0.05) is 36.7 Å². The fourth-order valence-electron chi connectivity index (χ4n) is 6.34. The predicted octanol–water partition coefficient (Wildman–Crippen LogP) is 4.37. The lowest BCUT2D eigenvalue weighted by Crippen LogP contribution is -2.51. The molecule has 3 fully saturated rings. The number of thiophene rings is 1. The Balaban J connectivity index is 1.18. The zero-order valence-corrected chi connectivity index (χ0v) is 21.7. The number of hydrogen-bond acceptors (Lipinski definition) is 6. The summed E-state index contributed by atoms with van der Waals surface area (Å²) in [6.07, 6.45) is 8.51. The van der Waals surface area contributed by atoms with Gasteiger partial charge in [0.2, 0.25) is 0 Å². The first-order chi connectivity index (χ1) is 16.9. The van der Waals surface area contributed by atoms with Gasteiger partial charge in [0.05, 0.1) is 22.5 Å². The number of aryl methyl sites for hydroxylation is 1. The van der Waals surface area contributed by atoms with Crippen molar-refractivity contribution < 1.29 is 19.4 Å². The van der Waals surface area contributed by atoms with Crippen molar-refractivity contribution in [1.29, 1.82) is 0 Å². The van der Waals surface area contributed by atoms with E-state index in [1.54, 1.807) is 11.3 Å². The Hall–Kier alpha value is -1.97. The summed E-state index contributed by atoms with van der Waals surface area (Å²) < 4.78 is 7.63. The van der Waals surface area contributed by atoms with Crippen molar-refractivity contribution in [3.8, 4) is 0 Å². The first-order valence-electron chi connectivity index (χ1n) is 13.3. The van der Waals surface area contributed by atoms with E-state index in [2.05, 4.69) is 21.8 Å². The Morgan fingerprint density at radius 2 is 1.89 bits per heavy atom.